The molecule has 4 saturated carbocycles. The van der Waals surface area contributed by atoms with Gasteiger partial charge in [0.2, 0.25) is 0 Å². The van der Waals surface area contributed by atoms with Crippen molar-refractivity contribution >= 4 is 12.3 Å². The fourth-order valence-corrected chi connectivity index (χ4v) is 9.52. The van der Waals surface area contributed by atoms with Gasteiger partial charge in [-0.1, -0.05) is 6.92 Å². The summed E-state index contributed by atoms with van der Waals surface area (Å²) < 4.78 is 16.6. The monoisotopic (exact) mass is 536 g/mol. The highest BCUT2D eigenvalue weighted by Gasteiger charge is 2.71. The third-order valence-electron chi connectivity index (χ3n) is 11.6. The summed E-state index contributed by atoms with van der Waals surface area (Å²) >= 11 is 0. The highest BCUT2D eigenvalue weighted by molar-refractivity contribution is 5.85. The van der Waals surface area contributed by atoms with Crippen LogP contribution >= 0.6 is 0 Å². The highest BCUT2D eigenvalue weighted by atomic mass is 16.7. The molecule has 6 rings (SSSR count). The zero-order valence-electron chi connectivity index (χ0n) is 21.8. The molecule has 5 fully saturated rings. The van der Waals surface area contributed by atoms with Crippen LogP contribution in [0.1, 0.15) is 64.7 Å². The van der Waals surface area contributed by atoms with Crippen LogP contribution in [0.25, 0.3) is 0 Å². The van der Waals surface area contributed by atoms with Crippen LogP contribution in [0.2, 0.25) is 0 Å². The van der Waals surface area contributed by atoms with E-state index in [1.165, 1.54) is 0 Å². The van der Waals surface area contributed by atoms with Gasteiger partial charge in [0.15, 0.2) is 6.29 Å². The zero-order valence-corrected chi connectivity index (χ0v) is 21.8. The molecule has 5 N–H and O–H groups in total. The molecule has 0 aromatic carbocycles. The third kappa shape index (κ3) is 3.57. The van der Waals surface area contributed by atoms with Crippen LogP contribution in [0.15, 0.2) is 11.6 Å². The van der Waals surface area contributed by atoms with Gasteiger partial charge in [0, 0.05) is 17.9 Å². The number of carbonyl (C=O) groups is 2. The summed E-state index contributed by atoms with van der Waals surface area (Å²) in [5.74, 6) is -0.604. The van der Waals surface area contributed by atoms with Crippen LogP contribution in [0.5, 0.6) is 0 Å². The molecule has 0 aromatic rings. The second-order valence-corrected chi connectivity index (χ2v) is 13.0. The minimum absolute atomic E-state index is 0.0489. The molecular formula is C28H40O10. The van der Waals surface area contributed by atoms with Crippen LogP contribution < -0.4 is 0 Å². The number of aliphatic hydroxyl groups is 5. The number of esters is 1. The third-order valence-corrected chi connectivity index (χ3v) is 11.6. The van der Waals surface area contributed by atoms with Crippen LogP contribution in [-0.4, -0.2) is 92.9 Å². The smallest absolute Gasteiger partial charge is 0.331 e. The summed E-state index contributed by atoms with van der Waals surface area (Å²) in [4.78, 5) is 24.7. The second-order valence-electron chi connectivity index (χ2n) is 13.0. The minimum atomic E-state index is -1.42. The number of aldehydes is 1. The highest BCUT2D eigenvalue weighted by Crippen LogP contribution is 2.70. The number of fused-ring (bicyclic) bond motifs is 5. The van der Waals surface area contributed by atoms with Gasteiger partial charge in [0.1, 0.15) is 31.2 Å². The van der Waals surface area contributed by atoms with Crippen LogP contribution in [-0.2, 0) is 23.8 Å². The first kappa shape index (κ1) is 26.8. The van der Waals surface area contributed by atoms with E-state index >= 15 is 0 Å². The van der Waals surface area contributed by atoms with Gasteiger partial charge in [-0.05, 0) is 74.7 Å². The molecule has 2 heterocycles. The maximum Gasteiger partial charge on any atom is 0.331 e. The Morgan fingerprint density at radius 1 is 1.00 bits per heavy atom. The van der Waals surface area contributed by atoms with E-state index in [0.29, 0.717) is 44.9 Å². The Bertz CT molecular complexity index is 1020. The number of rotatable bonds is 4. The topological polar surface area (TPSA) is 163 Å². The lowest BCUT2D eigenvalue weighted by atomic mass is 9.41. The van der Waals surface area contributed by atoms with Crippen molar-refractivity contribution in [1.29, 1.82) is 0 Å². The van der Waals surface area contributed by atoms with Crippen molar-refractivity contribution in [1.82, 2.24) is 0 Å². The van der Waals surface area contributed by atoms with Crippen molar-refractivity contribution in [3.8, 4) is 0 Å². The Morgan fingerprint density at radius 2 is 1.76 bits per heavy atom. The summed E-state index contributed by atoms with van der Waals surface area (Å²) in [5, 5.41) is 54.4. The van der Waals surface area contributed by atoms with Gasteiger partial charge in [-0.3, -0.25) is 0 Å². The molecule has 2 aliphatic heterocycles. The Labute approximate surface area is 222 Å². The van der Waals surface area contributed by atoms with E-state index in [1.807, 2.05) is 0 Å². The summed E-state index contributed by atoms with van der Waals surface area (Å²) in [6.07, 6.45) is 1.56. The van der Waals surface area contributed by atoms with Crippen LogP contribution in [0.3, 0.4) is 0 Å². The van der Waals surface area contributed by atoms with Crippen molar-refractivity contribution in [3.63, 3.8) is 0 Å². The van der Waals surface area contributed by atoms with Crippen molar-refractivity contribution in [3.05, 3.63) is 11.6 Å². The molecule has 212 valence electrons. The number of aliphatic hydroxyl groups excluding tert-OH is 3. The van der Waals surface area contributed by atoms with Crippen LogP contribution in [0.4, 0.5) is 0 Å². The minimum Gasteiger partial charge on any atom is -0.458 e. The van der Waals surface area contributed by atoms with E-state index < -0.39 is 52.7 Å². The Kier molecular flexibility index (Phi) is 6.39. The molecule has 4 aliphatic carbocycles. The largest absolute Gasteiger partial charge is 0.458 e. The molecule has 1 saturated heterocycles. The Morgan fingerprint density at radius 3 is 2.47 bits per heavy atom. The fourth-order valence-electron chi connectivity index (χ4n) is 9.52. The molecule has 0 amide bonds. The van der Waals surface area contributed by atoms with E-state index in [0.717, 1.165) is 18.3 Å². The number of carbonyl (C=O) groups excluding carboxylic acids is 2. The van der Waals surface area contributed by atoms with Gasteiger partial charge < -0.3 is 44.5 Å². The molecule has 10 heteroatoms. The predicted molar refractivity (Wildman–Crippen MR) is 130 cm³/mol. The summed E-state index contributed by atoms with van der Waals surface area (Å²) in [5.41, 5.74) is -2.83. The average Bonchev–Trinajstić information content (AvgIpc) is 3.43. The molecule has 38 heavy (non-hydrogen) atoms. The van der Waals surface area contributed by atoms with Crippen molar-refractivity contribution < 1.29 is 49.3 Å². The second kappa shape index (κ2) is 9.06. The van der Waals surface area contributed by atoms with Gasteiger partial charge in [0.05, 0.1) is 29.3 Å². The van der Waals surface area contributed by atoms with Crippen LogP contribution in [0, 0.1) is 28.6 Å². The average molecular weight is 537 g/mol. The molecular weight excluding hydrogens is 496 g/mol. The van der Waals surface area contributed by atoms with Gasteiger partial charge in [-0.15, -0.1) is 0 Å². The van der Waals surface area contributed by atoms with E-state index in [2.05, 4.69) is 6.92 Å². The first-order chi connectivity index (χ1) is 18.0. The molecule has 0 radical (unpaired) electrons. The van der Waals surface area contributed by atoms with E-state index in [4.69, 9.17) is 14.2 Å². The molecule has 12 atom stereocenters. The van der Waals surface area contributed by atoms with Gasteiger partial charge in [-0.2, -0.15) is 0 Å². The molecule has 6 aliphatic rings. The summed E-state index contributed by atoms with van der Waals surface area (Å²) in [7, 11) is 0. The van der Waals surface area contributed by atoms with E-state index in [-0.39, 0.29) is 43.4 Å². The number of hydrogen-bond acceptors (Lipinski definition) is 10. The summed E-state index contributed by atoms with van der Waals surface area (Å²) in [6, 6.07) is 0. The van der Waals surface area contributed by atoms with Gasteiger partial charge >= 0.3 is 5.97 Å². The Balaban J connectivity index is 1.22. The quantitative estimate of drug-likeness (QED) is 0.193. The Hall–Kier alpha value is -1.40. The summed E-state index contributed by atoms with van der Waals surface area (Å²) in [6.45, 7) is 2.22. The van der Waals surface area contributed by atoms with Gasteiger partial charge in [-0.25, -0.2) is 4.79 Å². The lowest BCUT2D eigenvalue weighted by molar-refractivity contribution is -0.301. The number of hydrogen-bond donors (Lipinski definition) is 5. The number of ether oxygens (including phenoxy) is 3. The number of cyclic esters (lactones) is 1. The molecule has 0 aromatic heterocycles. The molecule has 0 bridgehead atoms. The predicted octanol–water partition coefficient (Wildman–Crippen LogP) is 0.362. The van der Waals surface area contributed by atoms with Crippen molar-refractivity contribution in [2.24, 2.45) is 28.6 Å². The standard InChI is InChI=1S/C28H40O10/c1-25-6-3-18-19(28(25,35)9-5-17(25)15-10-21(31)36-12-15)4-8-27(34)11-16(2-7-26(18,27)14-29)38-24-23(33)22(32)20(30)13-37-24/h10,14,16-20,22-24,30,32-35H,2-9,11-13H2,1H3/t16-,17+,18-,19+,20+,22-,23+,24-,25+,26-,27-,28-/m0/s1. The maximum atomic E-state index is 12.9. The SMILES string of the molecule is C[C@]12CC[C@H]3[C@@H](CC[C@]4(O)C[C@@H](O[C@@H]5OC[C@@H](O)[C@H](O)[C@H]5O)CC[C@]34C=O)[C@@]1(O)CC[C@@H]2C1=CC(=O)OC1. The zero-order chi connectivity index (χ0) is 27.1. The first-order valence-corrected chi connectivity index (χ1v) is 14.1. The normalized spacial score (nSPS) is 54.4. The first-order valence-electron chi connectivity index (χ1n) is 14.1. The van der Waals surface area contributed by atoms with Gasteiger partial charge in [0.25, 0.3) is 0 Å². The molecule has 0 unspecified atom stereocenters. The maximum absolute atomic E-state index is 12.9. The van der Waals surface area contributed by atoms with Crippen molar-refractivity contribution in [2.45, 2.75) is 107 Å². The molecule has 10 nitrogen and oxygen atoms in total. The lowest BCUT2D eigenvalue weighted by Gasteiger charge is -2.65. The van der Waals surface area contributed by atoms with Crippen molar-refractivity contribution in [2.75, 3.05) is 13.2 Å². The fraction of sp³-hybridized carbons (Fsp3) is 0.857. The van der Waals surface area contributed by atoms with E-state index in [1.54, 1.807) is 6.08 Å². The lowest BCUT2D eigenvalue weighted by Crippen LogP contribution is -2.69. The van der Waals surface area contributed by atoms with E-state index in [9.17, 15) is 35.1 Å². The molecule has 0 spiro atoms.